The molecule has 0 heterocycles. The van der Waals surface area contributed by atoms with Crippen LogP contribution in [0.1, 0.15) is 117 Å². The Hall–Kier alpha value is -0.0600. The van der Waals surface area contributed by atoms with Crippen LogP contribution >= 0.6 is 0 Å². The summed E-state index contributed by atoms with van der Waals surface area (Å²) in [6.45, 7) is 7.40. The molecule has 28 heavy (non-hydrogen) atoms. The second kappa shape index (κ2) is 21.6. The third-order valence-corrected chi connectivity index (χ3v) is 5.49. The molecule has 1 unspecified atom stereocenters. The summed E-state index contributed by atoms with van der Waals surface area (Å²) in [4.78, 5) is 25.1. The second-order valence-electron chi connectivity index (χ2n) is 7.81. The van der Waals surface area contributed by atoms with Crippen molar-refractivity contribution in [3.05, 3.63) is 0 Å². The standard InChI is InChI=1S/C23H45NO3.Na/c1-4-7-8-9-10-11-12-13-14-15-16-17-18-19-21(20-22(25)26)23(27)24(5-2)6-3;/h21H,4-20H2,1-3H3,(H,25,26);/q;+1/p-1. The van der Waals surface area contributed by atoms with E-state index >= 15 is 0 Å². The molecule has 0 aliphatic carbocycles. The van der Waals surface area contributed by atoms with Gasteiger partial charge in [-0.15, -0.1) is 0 Å². The van der Waals surface area contributed by atoms with Crippen molar-refractivity contribution in [2.75, 3.05) is 13.1 Å². The Kier molecular flexibility index (Phi) is 23.3. The van der Waals surface area contributed by atoms with Gasteiger partial charge in [0, 0.05) is 25.0 Å². The van der Waals surface area contributed by atoms with Gasteiger partial charge in [0.2, 0.25) is 5.91 Å². The van der Waals surface area contributed by atoms with Crippen LogP contribution in [0, 0.1) is 5.92 Å². The van der Waals surface area contributed by atoms with Crippen molar-refractivity contribution in [2.24, 2.45) is 5.92 Å². The van der Waals surface area contributed by atoms with E-state index in [-0.39, 0.29) is 41.9 Å². The van der Waals surface area contributed by atoms with Crippen molar-refractivity contribution in [3.63, 3.8) is 0 Å². The van der Waals surface area contributed by atoms with Crippen molar-refractivity contribution in [3.8, 4) is 0 Å². The molecule has 0 fully saturated rings. The van der Waals surface area contributed by atoms with Crippen molar-refractivity contribution in [1.82, 2.24) is 4.90 Å². The van der Waals surface area contributed by atoms with Gasteiger partial charge in [0.15, 0.2) is 0 Å². The molecular formula is C23H44NNaO3. The van der Waals surface area contributed by atoms with Crippen LogP contribution in [-0.4, -0.2) is 29.9 Å². The number of carbonyl (C=O) groups excluding carboxylic acids is 2. The first-order valence-corrected chi connectivity index (χ1v) is 11.5. The van der Waals surface area contributed by atoms with E-state index < -0.39 is 11.9 Å². The summed E-state index contributed by atoms with van der Waals surface area (Å²) in [5.41, 5.74) is 0. The topological polar surface area (TPSA) is 60.4 Å². The molecule has 5 heteroatoms. The van der Waals surface area contributed by atoms with Crippen LogP contribution in [0.4, 0.5) is 0 Å². The van der Waals surface area contributed by atoms with E-state index in [0.717, 1.165) is 12.8 Å². The number of amides is 1. The summed E-state index contributed by atoms with van der Waals surface area (Å²) < 4.78 is 0. The Balaban J connectivity index is 0. The van der Waals surface area contributed by atoms with Crippen molar-refractivity contribution in [2.45, 2.75) is 117 Å². The quantitative estimate of drug-likeness (QED) is 0.244. The Morgan fingerprint density at radius 3 is 1.46 bits per heavy atom. The molecule has 0 aliphatic rings. The summed E-state index contributed by atoms with van der Waals surface area (Å²) in [5.74, 6) is -1.55. The molecule has 0 radical (unpaired) electrons. The van der Waals surface area contributed by atoms with Gasteiger partial charge in [0.05, 0.1) is 0 Å². The van der Waals surface area contributed by atoms with E-state index in [1.165, 1.54) is 70.6 Å². The summed E-state index contributed by atoms with van der Waals surface area (Å²) in [5, 5.41) is 11.0. The molecule has 0 saturated heterocycles. The Morgan fingerprint density at radius 2 is 1.11 bits per heavy atom. The largest absolute Gasteiger partial charge is 1.00 e. The fourth-order valence-corrected chi connectivity index (χ4v) is 3.72. The molecule has 1 atom stereocenters. The minimum Gasteiger partial charge on any atom is -0.550 e. The third kappa shape index (κ3) is 16.9. The maximum Gasteiger partial charge on any atom is 1.00 e. The van der Waals surface area contributed by atoms with E-state index in [0.29, 0.717) is 19.5 Å². The summed E-state index contributed by atoms with van der Waals surface area (Å²) >= 11 is 0. The zero-order chi connectivity index (χ0) is 20.3. The van der Waals surface area contributed by atoms with Gasteiger partial charge in [0.1, 0.15) is 0 Å². The van der Waals surface area contributed by atoms with Gasteiger partial charge in [-0.05, 0) is 26.7 Å². The molecule has 0 aromatic rings. The number of unbranched alkanes of at least 4 members (excludes halogenated alkanes) is 12. The Bertz CT molecular complexity index is 373. The molecule has 0 aromatic carbocycles. The average Bonchev–Trinajstić information content (AvgIpc) is 2.65. The van der Waals surface area contributed by atoms with Crippen LogP contribution in [0.2, 0.25) is 0 Å². The number of rotatable bonds is 19. The van der Waals surface area contributed by atoms with Crippen LogP contribution in [0.15, 0.2) is 0 Å². The minimum absolute atomic E-state index is 0. The normalized spacial score (nSPS) is 11.7. The molecule has 0 saturated carbocycles. The summed E-state index contributed by atoms with van der Waals surface area (Å²) in [6.07, 6.45) is 17.2. The van der Waals surface area contributed by atoms with E-state index in [1.54, 1.807) is 4.90 Å². The van der Waals surface area contributed by atoms with Gasteiger partial charge >= 0.3 is 29.6 Å². The predicted octanol–water partition coefficient (Wildman–Crippen LogP) is 2.10. The van der Waals surface area contributed by atoms with E-state index in [1.807, 2.05) is 13.8 Å². The number of nitrogens with zero attached hydrogens (tertiary/aromatic N) is 1. The molecular weight excluding hydrogens is 361 g/mol. The monoisotopic (exact) mass is 405 g/mol. The molecule has 0 N–H and O–H groups in total. The first kappa shape index (κ1) is 30.1. The van der Waals surface area contributed by atoms with Gasteiger partial charge in [-0.25, -0.2) is 0 Å². The zero-order valence-electron chi connectivity index (χ0n) is 19.3. The molecule has 0 aliphatic heterocycles. The SMILES string of the molecule is CCCCCCCCCCCCCCCC(CC(=O)[O-])C(=O)N(CC)CC.[Na+]. The fraction of sp³-hybridized carbons (Fsp3) is 0.913. The summed E-state index contributed by atoms with van der Waals surface area (Å²) in [6, 6.07) is 0. The number of carbonyl (C=O) groups is 2. The molecule has 1 amide bonds. The minimum atomic E-state index is -1.12. The van der Waals surface area contributed by atoms with Gasteiger partial charge < -0.3 is 14.8 Å². The van der Waals surface area contributed by atoms with Crippen molar-refractivity contribution < 1.29 is 44.3 Å². The van der Waals surface area contributed by atoms with Crippen LogP contribution in [-0.2, 0) is 9.59 Å². The zero-order valence-corrected chi connectivity index (χ0v) is 21.3. The molecule has 160 valence electrons. The fourth-order valence-electron chi connectivity index (χ4n) is 3.72. The molecule has 0 bridgehead atoms. The van der Waals surface area contributed by atoms with Gasteiger partial charge in [-0.3, -0.25) is 4.79 Å². The number of carboxylic acid groups (broad SMARTS) is 1. The number of carboxylic acids is 1. The van der Waals surface area contributed by atoms with Gasteiger partial charge in [-0.1, -0.05) is 90.4 Å². The summed E-state index contributed by atoms with van der Waals surface area (Å²) in [7, 11) is 0. The first-order valence-electron chi connectivity index (χ1n) is 11.5. The van der Waals surface area contributed by atoms with Crippen LogP contribution < -0.4 is 34.7 Å². The maximum atomic E-state index is 12.4. The molecule has 0 spiro atoms. The Labute approximate surface area is 196 Å². The van der Waals surface area contributed by atoms with Crippen molar-refractivity contribution >= 4 is 11.9 Å². The average molecular weight is 406 g/mol. The second-order valence-corrected chi connectivity index (χ2v) is 7.81. The van der Waals surface area contributed by atoms with Crippen LogP contribution in [0.3, 0.4) is 0 Å². The molecule has 0 aromatic heterocycles. The number of aliphatic carboxylic acids is 1. The molecule has 0 rings (SSSR count). The van der Waals surface area contributed by atoms with E-state index in [4.69, 9.17) is 0 Å². The number of hydrogen-bond acceptors (Lipinski definition) is 3. The van der Waals surface area contributed by atoms with E-state index in [9.17, 15) is 14.7 Å². The Morgan fingerprint density at radius 1 is 0.714 bits per heavy atom. The van der Waals surface area contributed by atoms with Gasteiger partial charge in [-0.2, -0.15) is 0 Å². The van der Waals surface area contributed by atoms with Crippen molar-refractivity contribution in [1.29, 1.82) is 0 Å². The molecule has 4 nitrogen and oxygen atoms in total. The third-order valence-electron chi connectivity index (χ3n) is 5.49. The first-order chi connectivity index (χ1) is 13.1. The van der Waals surface area contributed by atoms with Gasteiger partial charge in [0.25, 0.3) is 0 Å². The van der Waals surface area contributed by atoms with E-state index in [2.05, 4.69) is 6.92 Å². The van der Waals surface area contributed by atoms with Crippen LogP contribution in [0.25, 0.3) is 0 Å². The number of hydrogen-bond donors (Lipinski definition) is 0. The maximum absolute atomic E-state index is 12.4. The van der Waals surface area contributed by atoms with Crippen LogP contribution in [0.5, 0.6) is 0 Å². The predicted molar refractivity (Wildman–Crippen MR) is 111 cm³/mol. The smallest absolute Gasteiger partial charge is 0.550 e.